The van der Waals surface area contributed by atoms with Crippen molar-refractivity contribution in [2.45, 2.75) is 32.8 Å². The summed E-state index contributed by atoms with van der Waals surface area (Å²) < 4.78 is 38.2. The number of nitrogens with zero attached hydrogens (tertiary/aromatic N) is 4. The van der Waals surface area contributed by atoms with Gasteiger partial charge in [0, 0.05) is 30.0 Å². The van der Waals surface area contributed by atoms with Crippen LogP contribution in [0.5, 0.6) is 0 Å². The highest BCUT2D eigenvalue weighted by Crippen LogP contribution is 2.36. The third-order valence-electron chi connectivity index (χ3n) is 5.83. The van der Waals surface area contributed by atoms with E-state index < -0.39 is 18.0 Å². The van der Waals surface area contributed by atoms with Crippen molar-refractivity contribution in [2.24, 2.45) is 11.1 Å². The van der Waals surface area contributed by atoms with Gasteiger partial charge in [0.1, 0.15) is 6.07 Å². The molecule has 6 N–H and O–H groups in total. The summed E-state index contributed by atoms with van der Waals surface area (Å²) in [7, 11) is 0. The average molecular weight is 567 g/mol. The Balaban J connectivity index is 1.87. The van der Waals surface area contributed by atoms with E-state index in [1.54, 1.807) is 12.1 Å². The Morgan fingerprint density at radius 1 is 1.27 bits per heavy atom. The zero-order chi connectivity index (χ0) is 30.2. The number of amides is 1. The summed E-state index contributed by atoms with van der Waals surface area (Å²) in [6.45, 7) is 6.60. The lowest BCUT2D eigenvalue weighted by molar-refractivity contribution is -0.174. The molecule has 4 rings (SSSR count). The highest BCUT2D eigenvalue weighted by molar-refractivity contribution is 6.35. The molecule has 3 aromatic rings. The van der Waals surface area contributed by atoms with Gasteiger partial charge in [-0.15, -0.1) is 5.53 Å². The number of fused-ring (bicyclic) bond motifs is 1. The van der Waals surface area contributed by atoms with E-state index in [1.807, 2.05) is 26.8 Å². The zero-order valence-electron chi connectivity index (χ0n) is 22.7. The van der Waals surface area contributed by atoms with Gasteiger partial charge in [0.15, 0.2) is 0 Å². The smallest absolute Gasteiger partial charge is 0.383 e. The van der Waals surface area contributed by atoms with Gasteiger partial charge in [-0.2, -0.15) is 19.3 Å². The molecule has 0 spiro atoms. The van der Waals surface area contributed by atoms with Gasteiger partial charge in [-0.25, -0.2) is 5.01 Å². The van der Waals surface area contributed by atoms with E-state index in [-0.39, 0.29) is 43.5 Å². The number of carbonyl (C=O) groups excluding carboxylic acids is 1. The van der Waals surface area contributed by atoms with E-state index in [0.717, 1.165) is 6.20 Å². The van der Waals surface area contributed by atoms with E-state index in [1.165, 1.54) is 30.5 Å². The molecule has 206 valence electrons. The Kier molecular flexibility index (Phi) is 7.30. The summed E-state index contributed by atoms with van der Waals surface area (Å²) in [4.78, 5) is 15.7. The van der Waals surface area contributed by atoms with Crippen molar-refractivity contribution in [3.8, 4) is 12.1 Å². The molecule has 1 aliphatic rings. The summed E-state index contributed by atoms with van der Waals surface area (Å²) in [6.07, 6.45) is 2.25. The first-order chi connectivity index (χ1) is 19.2. The van der Waals surface area contributed by atoms with Crippen molar-refractivity contribution in [3.63, 3.8) is 0 Å². The third kappa shape index (κ3) is 5.83. The number of benzene rings is 2. The molecule has 1 unspecified atom stereocenters. The Hall–Kier alpha value is -4.65. The van der Waals surface area contributed by atoms with Crippen LogP contribution < -0.4 is 27.3 Å². The van der Waals surface area contributed by atoms with Gasteiger partial charge in [0.25, 0.3) is 0 Å². The average Bonchev–Trinajstić information content (AvgIpc) is 3.43. The number of anilines is 2. The molecule has 1 amide bonds. The van der Waals surface area contributed by atoms with E-state index in [2.05, 4.69) is 32.6 Å². The summed E-state index contributed by atoms with van der Waals surface area (Å²) in [5.74, 6) is -1.91. The lowest BCUT2D eigenvalue weighted by Gasteiger charge is -2.23. The third-order valence-corrected chi connectivity index (χ3v) is 6.12. The van der Waals surface area contributed by atoms with Crippen LogP contribution in [-0.2, 0) is 4.79 Å². The van der Waals surface area contributed by atoms with Crippen LogP contribution in [0.25, 0.3) is 10.9 Å². The number of nitrogens with one attached hydrogen (secondary N) is 4. The van der Waals surface area contributed by atoms with Gasteiger partial charge < -0.3 is 21.8 Å². The second-order valence-corrected chi connectivity index (χ2v) is 10.6. The van der Waals surface area contributed by atoms with Gasteiger partial charge in [-0.3, -0.25) is 9.78 Å². The van der Waals surface area contributed by atoms with Gasteiger partial charge in [0.2, 0.25) is 0 Å². The number of pyridine rings is 1. The van der Waals surface area contributed by atoms with Crippen molar-refractivity contribution in [2.75, 3.05) is 17.2 Å². The first-order valence-electron chi connectivity index (χ1n) is 12.5. The molecule has 0 saturated carbocycles. The van der Waals surface area contributed by atoms with E-state index >= 15 is 0 Å². The van der Waals surface area contributed by atoms with Crippen LogP contribution in [0, 0.1) is 28.1 Å². The minimum atomic E-state index is -4.12. The maximum Gasteiger partial charge on any atom is 0.418 e. The summed E-state index contributed by atoms with van der Waals surface area (Å²) in [5.41, 5.74) is 11.1. The highest BCUT2D eigenvalue weighted by Gasteiger charge is 2.45. The van der Waals surface area contributed by atoms with Crippen LogP contribution in [0.3, 0.4) is 0 Å². The van der Waals surface area contributed by atoms with E-state index in [4.69, 9.17) is 17.3 Å². The predicted octanol–water partition coefficient (Wildman–Crippen LogP) is 4.49. The molecule has 0 bridgehead atoms. The van der Waals surface area contributed by atoms with Crippen molar-refractivity contribution >= 4 is 39.8 Å². The van der Waals surface area contributed by atoms with Crippen LogP contribution in [0.2, 0.25) is 5.02 Å². The van der Waals surface area contributed by atoms with E-state index in [0.29, 0.717) is 23.1 Å². The largest absolute Gasteiger partial charge is 0.418 e. The van der Waals surface area contributed by atoms with Gasteiger partial charge in [0.05, 0.1) is 46.5 Å². The molecule has 13 heteroatoms. The second-order valence-electron chi connectivity index (χ2n) is 10.2. The molecule has 1 aromatic heterocycles. The predicted molar refractivity (Wildman–Crippen MR) is 147 cm³/mol. The van der Waals surface area contributed by atoms with Gasteiger partial charge >= 0.3 is 12.0 Å². The number of halogens is 3. The van der Waals surface area contributed by atoms with Gasteiger partial charge in [-0.05, 0) is 35.2 Å². The molecule has 0 radical (unpaired) electrons. The van der Waals surface area contributed by atoms with Crippen LogP contribution in [0.1, 0.15) is 44.9 Å². The normalized spacial score (nSPS) is 15.2. The molecule has 10 nitrogen and oxygen atoms in total. The number of hydrazine groups is 2. The van der Waals surface area contributed by atoms with Crippen LogP contribution >= 0.6 is 11.6 Å². The molecule has 0 fully saturated rings. The molecule has 1 atom stereocenters. The number of rotatable bonds is 8. The van der Waals surface area contributed by atoms with E-state index in [9.17, 15) is 25.5 Å². The topological polar surface area (TPSA) is 155 Å². The molecule has 40 heavy (non-hydrogen) atoms. The SMILES string of the molecule is [2H]C(Nc1cc(Cl)c2ncc(C#N)c(NCC(C)(C)C)c2c1)(C1=CN(C(F)(F)C(N)=O)NN1)c1cccc(C#N)c1. The van der Waals surface area contributed by atoms with Crippen molar-refractivity contribution in [1.82, 2.24) is 21.0 Å². The summed E-state index contributed by atoms with van der Waals surface area (Å²) in [5, 5.41) is 26.3. The lowest BCUT2D eigenvalue weighted by atomic mass is 9.96. The van der Waals surface area contributed by atoms with Crippen LogP contribution in [-0.4, -0.2) is 28.5 Å². The Labute approximate surface area is 235 Å². The molecular formula is C27H26ClF2N9O. The summed E-state index contributed by atoms with van der Waals surface area (Å²) in [6, 6.07) is 7.14. The Morgan fingerprint density at radius 3 is 2.67 bits per heavy atom. The Bertz CT molecular complexity index is 1640. The zero-order valence-corrected chi connectivity index (χ0v) is 22.5. The fraction of sp³-hybridized carbons (Fsp3) is 0.259. The Morgan fingerprint density at radius 2 is 2.02 bits per heavy atom. The number of aromatic nitrogens is 1. The first kappa shape index (κ1) is 26.9. The molecular weight excluding hydrogens is 540 g/mol. The number of hydrogen-bond acceptors (Lipinski definition) is 9. The maximum absolute atomic E-state index is 14.4. The molecule has 1 aliphatic heterocycles. The highest BCUT2D eigenvalue weighted by atomic mass is 35.5. The molecule has 0 saturated heterocycles. The van der Waals surface area contributed by atoms with Crippen molar-refractivity contribution in [3.05, 3.63) is 76.2 Å². The monoisotopic (exact) mass is 566 g/mol. The van der Waals surface area contributed by atoms with Crippen molar-refractivity contribution in [1.29, 1.82) is 10.5 Å². The molecule has 2 aromatic carbocycles. The molecule has 2 heterocycles. The standard InChI is InChI=1S/C27H26ClF2N9O/c1-26(2,3)14-35-22-17(11-32)12-34-24-19(22)8-18(9-20(24)28)36-23(16-6-4-5-15(7-16)10-31)21-13-39(38-37-21)27(29,30)25(33)40/h4-9,12-13,23,36-38H,14H2,1-3H3,(H2,33,40)(H,34,35)/i23D. The fourth-order valence-electron chi connectivity index (χ4n) is 3.86. The number of nitrogens with two attached hydrogens (primary N) is 1. The number of hydrogen-bond donors (Lipinski definition) is 5. The number of nitriles is 2. The minimum absolute atomic E-state index is 0.128. The minimum Gasteiger partial charge on any atom is -0.383 e. The maximum atomic E-state index is 14.4. The quantitative estimate of drug-likeness (QED) is 0.248. The lowest BCUT2D eigenvalue weighted by Crippen LogP contribution is -2.54. The second kappa shape index (κ2) is 10.8. The van der Waals surface area contributed by atoms with Crippen LogP contribution in [0.4, 0.5) is 20.2 Å². The first-order valence-corrected chi connectivity index (χ1v) is 12.3. The van der Waals surface area contributed by atoms with Gasteiger partial charge in [-0.1, -0.05) is 44.5 Å². The fourth-order valence-corrected chi connectivity index (χ4v) is 4.12. The van der Waals surface area contributed by atoms with Crippen molar-refractivity contribution < 1.29 is 14.9 Å². The summed E-state index contributed by atoms with van der Waals surface area (Å²) >= 11 is 6.60. The number of primary amides is 1. The molecule has 0 aliphatic carbocycles. The number of carbonyl (C=O) groups is 1. The number of alkyl halides is 2. The van der Waals surface area contributed by atoms with Crippen LogP contribution in [0.15, 0.2) is 54.5 Å².